The lowest BCUT2D eigenvalue weighted by Gasteiger charge is -2.55. The summed E-state index contributed by atoms with van der Waals surface area (Å²) in [7, 11) is 2.08. The summed E-state index contributed by atoms with van der Waals surface area (Å²) in [6, 6.07) is 0.489. The number of rotatable bonds is 1. The molecule has 1 spiro atoms. The summed E-state index contributed by atoms with van der Waals surface area (Å²) in [5.41, 5.74) is 0.0140. The van der Waals surface area contributed by atoms with Crippen LogP contribution in [0.5, 0.6) is 0 Å². The Hall–Kier alpha value is -0.150. The highest BCUT2D eigenvalue weighted by atomic mass is 19.1. The molecule has 2 saturated heterocycles. The number of piperidine rings is 1. The van der Waals surface area contributed by atoms with Crippen LogP contribution in [-0.2, 0) is 0 Å². The van der Waals surface area contributed by atoms with Crippen LogP contribution in [0.2, 0.25) is 0 Å². The lowest BCUT2D eigenvalue weighted by molar-refractivity contribution is -0.0958. The van der Waals surface area contributed by atoms with E-state index in [1.54, 1.807) is 0 Å². The normalized spacial score (nSPS) is 33.6. The predicted molar refractivity (Wildman–Crippen MR) is 56.2 cm³/mol. The first-order valence-electron chi connectivity index (χ1n) is 5.60. The van der Waals surface area contributed by atoms with Gasteiger partial charge in [0, 0.05) is 31.1 Å². The van der Waals surface area contributed by atoms with Gasteiger partial charge < -0.3 is 4.90 Å². The molecular formula is C11H21FN2. The summed E-state index contributed by atoms with van der Waals surface area (Å²) in [6.45, 7) is 7.94. The van der Waals surface area contributed by atoms with Crippen LogP contribution in [-0.4, -0.2) is 55.2 Å². The Morgan fingerprint density at radius 1 is 1.36 bits per heavy atom. The maximum absolute atomic E-state index is 14.0. The molecule has 0 N–H and O–H groups in total. The summed E-state index contributed by atoms with van der Waals surface area (Å²) in [4.78, 5) is 4.48. The van der Waals surface area contributed by atoms with E-state index >= 15 is 0 Å². The van der Waals surface area contributed by atoms with Crippen LogP contribution in [0, 0.1) is 5.41 Å². The topological polar surface area (TPSA) is 6.48 Å². The standard InChI is InChI=1S/C11H21FN2/c1-9(2)14-5-4-11(10(12)6-14)7-13(3)8-11/h9-10H,4-8H2,1-3H3. The number of nitrogens with zero attached hydrogens (tertiary/aromatic N) is 2. The zero-order valence-electron chi connectivity index (χ0n) is 9.46. The van der Waals surface area contributed by atoms with Gasteiger partial charge in [0.1, 0.15) is 6.17 Å². The van der Waals surface area contributed by atoms with Gasteiger partial charge in [-0.2, -0.15) is 0 Å². The van der Waals surface area contributed by atoms with Gasteiger partial charge in [-0.25, -0.2) is 4.39 Å². The van der Waals surface area contributed by atoms with Crippen molar-refractivity contribution < 1.29 is 4.39 Å². The van der Waals surface area contributed by atoms with Gasteiger partial charge in [0.05, 0.1) is 0 Å². The van der Waals surface area contributed by atoms with Gasteiger partial charge in [0.15, 0.2) is 0 Å². The van der Waals surface area contributed by atoms with Crippen molar-refractivity contribution in [1.29, 1.82) is 0 Å². The highest BCUT2D eigenvalue weighted by molar-refractivity contribution is 5.03. The van der Waals surface area contributed by atoms with Gasteiger partial charge in [-0.15, -0.1) is 0 Å². The third-order valence-corrected chi connectivity index (χ3v) is 3.86. The molecule has 0 aromatic heterocycles. The number of hydrogen-bond donors (Lipinski definition) is 0. The van der Waals surface area contributed by atoms with E-state index in [0.717, 1.165) is 26.1 Å². The zero-order chi connectivity index (χ0) is 10.3. The minimum absolute atomic E-state index is 0.0140. The molecule has 14 heavy (non-hydrogen) atoms. The summed E-state index contributed by atoms with van der Waals surface area (Å²) in [6.07, 6.45) is 0.422. The molecule has 0 saturated carbocycles. The molecule has 0 aliphatic carbocycles. The van der Waals surface area contributed by atoms with Crippen molar-refractivity contribution in [3.05, 3.63) is 0 Å². The Bertz CT molecular complexity index is 211. The Balaban J connectivity index is 1.95. The van der Waals surface area contributed by atoms with E-state index in [-0.39, 0.29) is 5.41 Å². The molecule has 82 valence electrons. The van der Waals surface area contributed by atoms with E-state index in [2.05, 4.69) is 30.7 Å². The maximum Gasteiger partial charge on any atom is 0.121 e. The van der Waals surface area contributed by atoms with Crippen LogP contribution in [0.3, 0.4) is 0 Å². The average molecular weight is 200 g/mol. The van der Waals surface area contributed by atoms with Gasteiger partial charge in [-0.05, 0) is 33.9 Å². The number of alkyl halides is 1. The Kier molecular flexibility index (Phi) is 2.56. The third kappa shape index (κ3) is 1.57. The van der Waals surface area contributed by atoms with Gasteiger partial charge in [-0.1, -0.05) is 0 Å². The molecule has 2 nitrogen and oxygen atoms in total. The van der Waals surface area contributed by atoms with Crippen LogP contribution in [0.15, 0.2) is 0 Å². The predicted octanol–water partition coefficient (Wildman–Crippen LogP) is 1.37. The molecular weight excluding hydrogens is 179 g/mol. The summed E-state index contributed by atoms with van der Waals surface area (Å²) < 4.78 is 14.0. The fourth-order valence-corrected chi connectivity index (χ4v) is 2.87. The summed E-state index contributed by atoms with van der Waals surface area (Å²) in [5.74, 6) is 0. The monoisotopic (exact) mass is 200 g/mol. The molecule has 0 amide bonds. The Morgan fingerprint density at radius 2 is 2.00 bits per heavy atom. The molecule has 2 heterocycles. The minimum Gasteiger partial charge on any atom is -0.305 e. The largest absolute Gasteiger partial charge is 0.305 e. The number of halogens is 1. The first kappa shape index (κ1) is 10.4. The first-order valence-corrected chi connectivity index (χ1v) is 5.60. The molecule has 1 unspecified atom stereocenters. The molecule has 1 atom stereocenters. The van der Waals surface area contributed by atoms with Gasteiger partial charge >= 0.3 is 0 Å². The van der Waals surface area contributed by atoms with E-state index in [1.165, 1.54) is 0 Å². The van der Waals surface area contributed by atoms with Crippen molar-refractivity contribution in [3.63, 3.8) is 0 Å². The molecule has 2 fully saturated rings. The molecule has 0 bridgehead atoms. The van der Waals surface area contributed by atoms with Crippen molar-refractivity contribution in [1.82, 2.24) is 9.80 Å². The fraction of sp³-hybridized carbons (Fsp3) is 1.00. The van der Waals surface area contributed by atoms with Crippen LogP contribution >= 0.6 is 0 Å². The van der Waals surface area contributed by atoms with E-state index in [9.17, 15) is 4.39 Å². The van der Waals surface area contributed by atoms with Crippen molar-refractivity contribution in [2.45, 2.75) is 32.5 Å². The van der Waals surface area contributed by atoms with Crippen LogP contribution in [0.1, 0.15) is 20.3 Å². The van der Waals surface area contributed by atoms with Crippen molar-refractivity contribution in [3.8, 4) is 0 Å². The average Bonchev–Trinajstić information content (AvgIpc) is 2.06. The Morgan fingerprint density at radius 3 is 2.43 bits per heavy atom. The van der Waals surface area contributed by atoms with Crippen molar-refractivity contribution in [2.75, 3.05) is 33.2 Å². The van der Waals surface area contributed by atoms with Crippen LogP contribution in [0.25, 0.3) is 0 Å². The van der Waals surface area contributed by atoms with Crippen molar-refractivity contribution >= 4 is 0 Å². The highest BCUT2D eigenvalue weighted by Crippen LogP contribution is 2.41. The van der Waals surface area contributed by atoms with Crippen LogP contribution in [0.4, 0.5) is 4.39 Å². The smallest absolute Gasteiger partial charge is 0.121 e. The van der Waals surface area contributed by atoms with Gasteiger partial charge in [0.25, 0.3) is 0 Å². The highest BCUT2D eigenvalue weighted by Gasteiger charge is 2.50. The van der Waals surface area contributed by atoms with Gasteiger partial charge in [0.2, 0.25) is 0 Å². The molecule has 2 aliphatic heterocycles. The van der Waals surface area contributed by atoms with E-state index in [4.69, 9.17) is 0 Å². The second-order valence-electron chi connectivity index (χ2n) is 5.34. The minimum atomic E-state index is -0.616. The first-order chi connectivity index (χ1) is 6.53. The SMILES string of the molecule is CC(C)N1CCC2(CN(C)C2)C(F)C1. The summed E-state index contributed by atoms with van der Waals surface area (Å²) in [5, 5.41) is 0. The third-order valence-electron chi connectivity index (χ3n) is 3.86. The van der Waals surface area contributed by atoms with Crippen LogP contribution < -0.4 is 0 Å². The number of likely N-dealkylation sites (tertiary alicyclic amines) is 2. The Labute approximate surface area is 86.1 Å². The molecule has 2 aliphatic rings. The fourth-order valence-electron chi connectivity index (χ4n) is 2.87. The molecule has 3 heteroatoms. The van der Waals surface area contributed by atoms with E-state index in [1.807, 2.05) is 0 Å². The second kappa shape index (κ2) is 3.46. The lowest BCUT2D eigenvalue weighted by Crippen LogP contribution is -2.65. The zero-order valence-corrected chi connectivity index (χ0v) is 9.46. The summed E-state index contributed by atoms with van der Waals surface area (Å²) >= 11 is 0. The lowest BCUT2D eigenvalue weighted by atomic mass is 9.71. The quantitative estimate of drug-likeness (QED) is 0.631. The second-order valence-corrected chi connectivity index (χ2v) is 5.34. The van der Waals surface area contributed by atoms with Gasteiger partial charge in [-0.3, -0.25) is 4.90 Å². The van der Waals surface area contributed by atoms with E-state index in [0.29, 0.717) is 12.6 Å². The number of hydrogen-bond acceptors (Lipinski definition) is 2. The molecule has 2 rings (SSSR count). The molecule has 0 aromatic rings. The maximum atomic E-state index is 14.0. The van der Waals surface area contributed by atoms with Crippen molar-refractivity contribution in [2.24, 2.45) is 5.41 Å². The molecule has 0 aromatic carbocycles. The molecule has 0 radical (unpaired) electrons. The van der Waals surface area contributed by atoms with E-state index < -0.39 is 6.17 Å².